The molecule has 0 saturated carbocycles. The Bertz CT molecular complexity index is 609. The summed E-state index contributed by atoms with van der Waals surface area (Å²) in [5.74, 6) is 0.441. The van der Waals surface area contributed by atoms with E-state index in [1.54, 1.807) is 0 Å². The van der Waals surface area contributed by atoms with Crippen molar-refractivity contribution in [2.24, 2.45) is 11.1 Å². The maximum atomic E-state index is 12.2. The van der Waals surface area contributed by atoms with Crippen LogP contribution in [0.2, 0.25) is 0 Å². The minimum atomic E-state index is -0.681. The Kier molecular flexibility index (Phi) is 4.52. The van der Waals surface area contributed by atoms with Crippen LogP contribution in [0.5, 0.6) is 5.75 Å². The standard InChI is InChI=1S/C17H22N2O4/c18-16(21)17(4-7-22-8-5-17)11-19-15(20)10-12-1-2-14-13(9-12)3-6-23-14/h1-2,9H,3-8,10-11H2,(H2,18,21)(H,19,20). The van der Waals surface area contributed by atoms with Crippen LogP contribution in [-0.4, -0.2) is 38.2 Å². The smallest absolute Gasteiger partial charge is 0.225 e. The Morgan fingerprint density at radius 3 is 2.74 bits per heavy atom. The van der Waals surface area contributed by atoms with Crippen molar-refractivity contribution in [2.75, 3.05) is 26.4 Å². The number of carbonyl (C=O) groups excluding carboxylic acids is 2. The molecule has 0 unspecified atom stereocenters. The van der Waals surface area contributed by atoms with E-state index in [2.05, 4.69) is 5.32 Å². The molecule has 2 aliphatic heterocycles. The van der Waals surface area contributed by atoms with Crippen LogP contribution >= 0.6 is 0 Å². The Labute approximate surface area is 135 Å². The van der Waals surface area contributed by atoms with Crippen molar-refractivity contribution < 1.29 is 19.1 Å². The van der Waals surface area contributed by atoms with Gasteiger partial charge >= 0.3 is 0 Å². The molecular weight excluding hydrogens is 296 g/mol. The first-order valence-electron chi connectivity index (χ1n) is 7.98. The Balaban J connectivity index is 1.57. The number of rotatable bonds is 5. The van der Waals surface area contributed by atoms with E-state index >= 15 is 0 Å². The Hall–Kier alpha value is -2.08. The summed E-state index contributed by atoms with van der Waals surface area (Å²) in [4.78, 5) is 24.0. The maximum absolute atomic E-state index is 12.2. The summed E-state index contributed by atoms with van der Waals surface area (Å²) in [5.41, 5.74) is 6.96. The molecule has 0 spiro atoms. The highest BCUT2D eigenvalue weighted by Crippen LogP contribution is 2.29. The molecule has 2 heterocycles. The lowest BCUT2D eigenvalue weighted by Gasteiger charge is -2.34. The largest absolute Gasteiger partial charge is 0.493 e. The minimum Gasteiger partial charge on any atom is -0.493 e. The lowest BCUT2D eigenvalue weighted by molar-refractivity contribution is -0.133. The predicted molar refractivity (Wildman–Crippen MR) is 84.0 cm³/mol. The van der Waals surface area contributed by atoms with E-state index in [1.165, 1.54) is 0 Å². The van der Waals surface area contributed by atoms with Gasteiger partial charge in [0.25, 0.3) is 0 Å². The monoisotopic (exact) mass is 318 g/mol. The topological polar surface area (TPSA) is 90.7 Å². The molecule has 0 bridgehead atoms. The molecule has 3 rings (SSSR count). The third-order valence-electron chi connectivity index (χ3n) is 4.72. The summed E-state index contributed by atoms with van der Waals surface area (Å²) in [7, 11) is 0. The lowest BCUT2D eigenvalue weighted by Crippen LogP contribution is -2.49. The van der Waals surface area contributed by atoms with Gasteiger partial charge in [-0.3, -0.25) is 9.59 Å². The third kappa shape index (κ3) is 3.47. The van der Waals surface area contributed by atoms with Crippen LogP contribution in [0.4, 0.5) is 0 Å². The number of benzene rings is 1. The van der Waals surface area contributed by atoms with Crippen molar-refractivity contribution in [2.45, 2.75) is 25.7 Å². The summed E-state index contributed by atoms with van der Waals surface area (Å²) >= 11 is 0. The van der Waals surface area contributed by atoms with Crippen LogP contribution in [-0.2, 0) is 27.2 Å². The summed E-state index contributed by atoms with van der Waals surface area (Å²) in [5, 5.41) is 2.86. The molecule has 0 radical (unpaired) electrons. The number of amides is 2. The maximum Gasteiger partial charge on any atom is 0.225 e. The molecule has 6 heteroatoms. The number of carbonyl (C=O) groups is 2. The fraction of sp³-hybridized carbons (Fsp3) is 0.529. The van der Waals surface area contributed by atoms with Crippen LogP contribution < -0.4 is 15.8 Å². The second-order valence-electron chi connectivity index (χ2n) is 6.25. The molecule has 2 aliphatic rings. The molecule has 124 valence electrons. The van der Waals surface area contributed by atoms with E-state index < -0.39 is 5.41 Å². The molecule has 6 nitrogen and oxygen atoms in total. The molecule has 1 aromatic rings. The Morgan fingerprint density at radius 2 is 2.00 bits per heavy atom. The second kappa shape index (κ2) is 6.58. The van der Waals surface area contributed by atoms with E-state index in [0.717, 1.165) is 23.3 Å². The average Bonchev–Trinajstić information content (AvgIpc) is 3.01. The molecule has 1 fully saturated rings. The number of nitrogens with two attached hydrogens (primary N) is 1. The molecule has 0 aliphatic carbocycles. The highest BCUT2D eigenvalue weighted by atomic mass is 16.5. The van der Waals surface area contributed by atoms with Crippen LogP contribution in [0, 0.1) is 5.41 Å². The molecule has 0 aromatic heterocycles. The molecule has 1 saturated heterocycles. The van der Waals surface area contributed by atoms with Crippen LogP contribution in [0.15, 0.2) is 18.2 Å². The minimum absolute atomic E-state index is 0.101. The lowest BCUT2D eigenvalue weighted by atomic mass is 9.79. The van der Waals surface area contributed by atoms with E-state index in [-0.39, 0.29) is 18.4 Å². The van der Waals surface area contributed by atoms with Crippen LogP contribution in [0.25, 0.3) is 0 Å². The second-order valence-corrected chi connectivity index (χ2v) is 6.25. The van der Waals surface area contributed by atoms with Gasteiger partial charge in [0, 0.05) is 26.2 Å². The fourth-order valence-corrected chi connectivity index (χ4v) is 3.14. The molecule has 0 atom stereocenters. The van der Waals surface area contributed by atoms with E-state index in [4.69, 9.17) is 15.2 Å². The number of ether oxygens (including phenoxy) is 2. The van der Waals surface area contributed by atoms with Gasteiger partial charge in [-0.2, -0.15) is 0 Å². The zero-order chi connectivity index (χ0) is 16.3. The summed E-state index contributed by atoms with van der Waals surface area (Å²) < 4.78 is 10.7. The summed E-state index contributed by atoms with van der Waals surface area (Å²) in [6, 6.07) is 5.83. The van der Waals surface area contributed by atoms with Gasteiger partial charge in [0.05, 0.1) is 18.4 Å². The normalized spacial score (nSPS) is 18.8. The predicted octanol–water partition coefficient (Wildman–Crippen LogP) is 0.562. The zero-order valence-electron chi connectivity index (χ0n) is 13.1. The van der Waals surface area contributed by atoms with Gasteiger partial charge in [0.15, 0.2) is 0 Å². The van der Waals surface area contributed by atoms with Crippen molar-refractivity contribution in [1.29, 1.82) is 0 Å². The average molecular weight is 318 g/mol. The molecular formula is C17H22N2O4. The van der Waals surface area contributed by atoms with Crippen molar-refractivity contribution in [3.63, 3.8) is 0 Å². The van der Waals surface area contributed by atoms with Gasteiger partial charge in [0.1, 0.15) is 5.75 Å². The third-order valence-corrected chi connectivity index (χ3v) is 4.72. The Morgan fingerprint density at radius 1 is 1.22 bits per heavy atom. The van der Waals surface area contributed by atoms with Gasteiger partial charge in [-0.05, 0) is 30.0 Å². The van der Waals surface area contributed by atoms with Gasteiger partial charge < -0.3 is 20.5 Å². The number of hydrogen-bond donors (Lipinski definition) is 2. The molecule has 3 N–H and O–H groups in total. The molecule has 23 heavy (non-hydrogen) atoms. The number of fused-ring (bicyclic) bond motifs is 1. The number of hydrogen-bond acceptors (Lipinski definition) is 4. The first-order valence-corrected chi connectivity index (χ1v) is 7.98. The van der Waals surface area contributed by atoms with Crippen molar-refractivity contribution in [3.05, 3.63) is 29.3 Å². The van der Waals surface area contributed by atoms with Gasteiger partial charge in [-0.25, -0.2) is 0 Å². The van der Waals surface area contributed by atoms with Crippen molar-refractivity contribution >= 4 is 11.8 Å². The summed E-state index contributed by atoms with van der Waals surface area (Å²) in [6.07, 6.45) is 2.28. The number of primary amides is 1. The highest BCUT2D eigenvalue weighted by molar-refractivity contribution is 5.83. The zero-order valence-corrected chi connectivity index (χ0v) is 13.1. The van der Waals surface area contributed by atoms with Gasteiger partial charge in [0.2, 0.25) is 11.8 Å². The molecule has 1 aromatic carbocycles. The van der Waals surface area contributed by atoms with E-state index in [9.17, 15) is 9.59 Å². The summed E-state index contributed by atoms with van der Waals surface area (Å²) in [6.45, 7) is 1.99. The first kappa shape index (κ1) is 15.8. The fourth-order valence-electron chi connectivity index (χ4n) is 3.14. The van der Waals surface area contributed by atoms with E-state index in [0.29, 0.717) is 39.1 Å². The van der Waals surface area contributed by atoms with Gasteiger partial charge in [-0.1, -0.05) is 12.1 Å². The van der Waals surface area contributed by atoms with Crippen molar-refractivity contribution in [1.82, 2.24) is 5.32 Å². The van der Waals surface area contributed by atoms with Gasteiger partial charge in [-0.15, -0.1) is 0 Å². The van der Waals surface area contributed by atoms with Crippen molar-refractivity contribution in [3.8, 4) is 5.75 Å². The molecule has 2 amide bonds. The van der Waals surface area contributed by atoms with E-state index in [1.807, 2.05) is 18.2 Å². The first-order chi connectivity index (χ1) is 11.1. The number of nitrogens with one attached hydrogen (secondary N) is 1. The quantitative estimate of drug-likeness (QED) is 0.830. The highest BCUT2D eigenvalue weighted by Gasteiger charge is 2.38. The van der Waals surface area contributed by atoms with Crippen LogP contribution in [0.3, 0.4) is 0 Å². The van der Waals surface area contributed by atoms with Crippen LogP contribution in [0.1, 0.15) is 24.0 Å². The SMILES string of the molecule is NC(=O)C1(CNC(=O)Cc2ccc3c(c2)CCO3)CCOCC1.